The van der Waals surface area contributed by atoms with E-state index in [0.717, 1.165) is 21.6 Å². The number of ether oxygens (including phenoxy) is 5. The summed E-state index contributed by atoms with van der Waals surface area (Å²) in [4.78, 5) is 0.971. The summed E-state index contributed by atoms with van der Waals surface area (Å²) in [6.07, 6.45) is -2.97. The molecule has 4 aromatic carbocycles. The van der Waals surface area contributed by atoms with Gasteiger partial charge < -0.3 is 23.7 Å². The molecule has 0 bridgehead atoms. The van der Waals surface area contributed by atoms with Crippen LogP contribution in [-0.4, -0.2) is 46.1 Å². The van der Waals surface area contributed by atoms with Crippen LogP contribution in [0.2, 0.25) is 0 Å². The predicted octanol–water partition coefficient (Wildman–Crippen LogP) is 8.62. The maximum atomic E-state index is 8.54. The minimum atomic E-state index is -2.09. The van der Waals surface area contributed by atoms with Gasteiger partial charge in [-0.25, -0.2) is 0 Å². The Morgan fingerprint density at radius 1 is 0.644 bits per heavy atom. The topological polar surface area (TPSA) is 70.0 Å². The van der Waals surface area contributed by atoms with E-state index in [-0.39, 0.29) is 19.8 Å². The lowest BCUT2D eigenvalue weighted by molar-refractivity contribution is -0.237. The van der Waals surface area contributed by atoms with Crippen molar-refractivity contribution in [2.75, 3.05) is 6.61 Å². The fourth-order valence-corrected chi connectivity index (χ4v) is 6.14. The molecule has 10 heteroatoms. The van der Waals surface area contributed by atoms with Crippen molar-refractivity contribution in [1.29, 1.82) is 5.41 Å². The molecule has 0 aliphatic carbocycles. The molecule has 0 spiro atoms. The molecule has 1 aliphatic rings. The Bertz CT molecular complexity index is 1450. The van der Waals surface area contributed by atoms with Gasteiger partial charge in [-0.1, -0.05) is 156 Å². The molecular formula is C35H34Cl3NO5S. The Morgan fingerprint density at radius 3 is 1.62 bits per heavy atom. The molecule has 0 amide bonds. The third kappa shape index (κ3) is 10.2. The number of benzene rings is 4. The van der Waals surface area contributed by atoms with Gasteiger partial charge in [0.05, 0.1) is 26.4 Å². The number of rotatable bonds is 13. The molecule has 236 valence electrons. The quantitative estimate of drug-likeness (QED) is 0.0863. The highest BCUT2D eigenvalue weighted by Crippen LogP contribution is 2.39. The summed E-state index contributed by atoms with van der Waals surface area (Å²) in [6.45, 7) is 1.09. The van der Waals surface area contributed by atoms with E-state index >= 15 is 0 Å². The number of halogens is 3. The van der Waals surface area contributed by atoms with Gasteiger partial charge in [0.1, 0.15) is 23.7 Å². The Hall–Kier alpha value is -2.59. The number of nitrogens with one attached hydrogen (secondary N) is 1. The zero-order valence-electron chi connectivity index (χ0n) is 24.3. The van der Waals surface area contributed by atoms with Crippen LogP contribution in [0, 0.1) is 5.41 Å². The first-order valence-electron chi connectivity index (χ1n) is 14.5. The second-order valence-corrected chi connectivity index (χ2v) is 13.9. The Labute approximate surface area is 283 Å². The molecule has 0 unspecified atom stereocenters. The SMILES string of the molecule is N=C(O[C@@H]1[C@H](OCc2ccccc2)[C@@H](Sc2ccccc2)O[C@H](COCc2ccccc2)[C@H]1OCc1ccccc1)C(Cl)(Cl)Cl. The van der Waals surface area contributed by atoms with Crippen LogP contribution in [0.4, 0.5) is 0 Å². The number of hydrogen-bond donors (Lipinski definition) is 1. The second-order valence-electron chi connectivity index (χ2n) is 10.4. The summed E-state index contributed by atoms with van der Waals surface area (Å²) in [6, 6.07) is 39.4. The molecule has 1 fully saturated rings. The van der Waals surface area contributed by atoms with Crippen molar-refractivity contribution in [2.24, 2.45) is 0 Å². The standard InChI is InChI=1S/C35H34Cl3NO5S/c36-35(37,38)34(39)44-31-30(41-22-26-15-7-2-8-16-26)29(24-40-21-25-13-5-1-6-14-25)43-33(45-28-19-11-4-12-20-28)32(31)42-23-27-17-9-3-10-18-27/h1-20,29-33,39H,21-24H2/t29-,30-,31+,32+,33-/m1/s1. The van der Waals surface area contributed by atoms with Gasteiger partial charge in [-0.2, -0.15) is 0 Å². The van der Waals surface area contributed by atoms with Gasteiger partial charge in [0.15, 0.2) is 6.10 Å². The summed E-state index contributed by atoms with van der Waals surface area (Å²) in [5.74, 6) is -0.534. The average molecular weight is 687 g/mol. The van der Waals surface area contributed by atoms with Gasteiger partial charge in [0, 0.05) is 4.90 Å². The van der Waals surface area contributed by atoms with Gasteiger partial charge in [-0.3, -0.25) is 5.41 Å². The van der Waals surface area contributed by atoms with Crippen LogP contribution in [0.5, 0.6) is 0 Å². The van der Waals surface area contributed by atoms with Crippen LogP contribution in [0.3, 0.4) is 0 Å². The van der Waals surface area contributed by atoms with Gasteiger partial charge >= 0.3 is 0 Å². The monoisotopic (exact) mass is 685 g/mol. The third-order valence-electron chi connectivity index (χ3n) is 7.06. The van der Waals surface area contributed by atoms with Crippen LogP contribution in [0.1, 0.15) is 16.7 Å². The highest BCUT2D eigenvalue weighted by Gasteiger charge is 2.51. The van der Waals surface area contributed by atoms with Crippen molar-refractivity contribution in [1.82, 2.24) is 0 Å². The number of alkyl halides is 3. The van der Waals surface area contributed by atoms with E-state index in [1.165, 1.54) is 11.8 Å². The second kappa shape index (κ2) is 16.8. The summed E-state index contributed by atoms with van der Waals surface area (Å²) < 4.78 is 30.2. The first-order valence-corrected chi connectivity index (χ1v) is 16.5. The first-order chi connectivity index (χ1) is 21.9. The molecule has 0 saturated carbocycles. The van der Waals surface area contributed by atoms with Gasteiger partial charge in [0.2, 0.25) is 5.90 Å². The van der Waals surface area contributed by atoms with E-state index in [2.05, 4.69) is 0 Å². The molecule has 1 saturated heterocycles. The van der Waals surface area contributed by atoms with Crippen molar-refractivity contribution in [3.05, 3.63) is 138 Å². The molecule has 6 nitrogen and oxygen atoms in total. The van der Waals surface area contributed by atoms with Crippen molar-refractivity contribution < 1.29 is 23.7 Å². The summed E-state index contributed by atoms with van der Waals surface area (Å²) in [5.41, 5.74) is 2.37. The van der Waals surface area contributed by atoms with Crippen molar-refractivity contribution >= 4 is 52.5 Å². The lowest BCUT2D eigenvalue weighted by Crippen LogP contribution is -2.61. The van der Waals surface area contributed by atoms with Crippen LogP contribution in [-0.2, 0) is 43.5 Å². The fourth-order valence-electron chi connectivity index (χ4n) is 4.86. The maximum Gasteiger partial charge on any atom is 0.265 e. The Morgan fingerprint density at radius 2 is 1.11 bits per heavy atom. The van der Waals surface area contributed by atoms with Crippen LogP contribution >= 0.6 is 46.6 Å². The van der Waals surface area contributed by atoms with E-state index in [0.29, 0.717) is 6.61 Å². The molecule has 0 aromatic heterocycles. The minimum absolute atomic E-state index is 0.187. The smallest absolute Gasteiger partial charge is 0.265 e. The molecule has 5 atom stereocenters. The highest BCUT2D eigenvalue weighted by molar-refractivity contribution is 7.99. The summed E-state index contributed by atoms with van der Waals surface area (Å²) in [7, 11) is 0. The molecule has 4 aromatic rings. The normalized spacial score (nSPS) is 21.7. The number of hydrogen-bond acceptors (Lipinski definition) is 7. The minimum Gasteiger partial charge on any atom is -0.469 e. The maximum absolute atomic E-state index is 8.54. The summed E-state index contributed by atoms with van der Waals surface area (Å²) in [5, 5.41) is 8.54. The van der Waals surface area contributed by atoms with Crippen molar-refractivity contribution in [2.45, 2.75) is 58.4 Å². The van der Waals surface area contributed by atoms with Crippen molar-refractivity contribution in [3.63, 3.8) is 0 Å². The van der Waals surface area contributed by atoms with Gasteiger partial charge in [-0.15, -0.1) is 0 Å². The van der Waals surface area contributed by atoms with E-state index in [1.807, 2.05) is 121 Å². The van der Waals surface area contributed by atoms with E-state index in [4.69, 9.17) is 63.9 Å². The van der Waals surface area contributed by atoms with Crippen LogP contribution in [0.25, 0.3) is 0 Å². The zero-order valence-corrected chi connectivity index (χ0v) is 27.4. The number of thioether (sulfide) groups is 1. The molecule has 0 radical (unpaired) electrons. The largest absolute Gasteiger partial charge is 0.469 e. The summed E-state index contributed by atoms with van der Waals surface area (Å²) >= 11 is 19.9. The van der Waals surface area contributed by atoms with Crippen LogP contribution < -0.4 is 0 Å². The van der Waals surface area contributed by atoms with Gasteiger partial charge in [0.25, 0.3) is 3.79 Å². The molecule has 45 heavy (non-hydrogen) atoms. The average Bonchev–Trinajstić information content (AvgIpc) is 3.05. The lowest BCUT2D eigenvalue weighted by atomic mass is 9.99. The van der Waals surface area contributed by atoms with E-state index in [9.17, 15) is 0 Å². The molecule has 5 rings (SSSR count). The van der Waals surface area contributed by atoms with E-state index < -0.39 is 39.5 Å². The Kier molecular flexibility index (Phi) is 12.6. The van der Waals surface area contributed by atoms with Gasteiger partial charge in [-0.05, 0) is 28.8 Å². The Balaban J connectivity index is 1.48. The van der Waals surface area contributed by atoms with Crippen molar-refractivity contribution in [3.8, 4) is 0 Å². The van der Waals surface area contributed by atoms with E-state index in [1.54, 1.807) is 0 Å². The highest BCUT2D eigenvalue weighted by atomic mass is 35.6. The molecule has 1 N–H and O–H groups in total. The molecule has 1 aliphatic heterocycles. The predicted molar refractivity (Wildman–Crippen MR) is 180 cm³/mol. The first kappa shape index (κ1) is 33.8. The lowest BCUT2D eigenvalue weighted by Gasteiger charge is -2.46. The molecule has 1 heterocycles. The van der Waals surface area contributed by atoms with Crippen LogP contribution in [0.15, 0.2) is 126 Å². The zero-order chi connectivity index (χ0) is 31.5. The third-order valence-corrected chi connectivity index (χ3v) is 8.73. The fraction of sp³-hybridized carbons (Fsp3) is 0.286. The molecular weight excluding hydrogens is 653 g/mol.